The lowest BCUT2D eigenvalue weighted by Gasteiger charge is -2.02. The molecule has 0 saturated carbocycles. The molecular weight excluding hydrogens is 226 g/mol. The van der Waals surface area contributed by atoms with Gasteiger partial charge in [0.15, 0.2) is 11.9 Å². The molecule has 0 amide bonds. The van der Waals surface area contributed by atoms with Gasteiger partial charge in [-0.15, -0.1) is 0 Å². The predicted octanol–water partition coefficient (Wildman–Crippen LogP) is 2.52. The molecule has 2 aromatic heterocycles. The maximum Gasteiger partial charge on any atom is 0.170 e. The van der Waals surface area contributed by atoms with Crippen LogP contribution in [0.3, 0.4) is 0 Å². The second kappa shape index (κ2) is 4.07. The van der Waals surface area contributed by atoms with Gasteiger partial charge in [0.05, 0.1) is 11.9 Å². The summed E-state index contributed by atoms with van der Waals surface area (Å²) in [5.41, 5.74) is 4.18. The van der Waals surface area contributed by atoms with Crippen molar-refractivity contribution in [1.82, 2.24) is 14.6 Å². The van der Waals surface area contributed by atoms with Gasteiger partial charge in [-0.3, -0.25) is 4.79 Å². The van der Waals surface area contributed by atoms with E-state index in [9.17, 15) is 4.79 Å². The van der Waals surface area contributed by atoms with Crippen LogP contribution in [0.5, 0.6) is 0 Å². The molecular formula is C14H11N3O. The average molecular weight is 237 g/mol. The minimum Gasteiger partial charge on any atom is -0.296 e. The zero-order valence-corrected chi connectivity index (χ0v) is 9.87. The van der Waals surface area contributed by atoms with Crippen LogP contribution < -0.4 is 0 Å². The van der Waals surface area contributed by atoms with E-state index in [4.69, 9.17) is 0 Å². The Hall–Kier alpha value is -2.49. The Labute approximate surface area is 104 Å². The van der Waals surface area contributed by atoms with Gasteiger partial charge in [0, 0.05) is 5.56 Å². The molecule has 0 aliphatic rings. The lowest BCUT2D eigenvalue weighted by Crippen LogP contribution is -1.98. The molecule has 0 radical (unpaired) electrons. The fourth-order valence-corrected chi connectivity index (χ4v) is 1.85. The molecule has 0 aliphatic heterocycles. The second-order valence-corrected chi connectivity index (χ2v) is 4.16. The third-order valence-corrected chi connectivity index (χ3v) is 2.86. The van der Waals surface area contributed by atoms with Gasteiger partial charge >= 0.3 is 0 Å². The fraction of sp³-hybridized carbons (Fsp3) is 0.0714. The Kier molecular flexibility index (Phi) is 2.41. The van der Waals surface area contributed by atoms with Gasteiger partial charge < -0.3 is 0 Å². The molecule has 3 aromatic rings. The van der Waals surface area contributed by atoms with E-state index in [1.165, 1.54) is 11.8 Å². The van der Waals surface area contributed by atoms with Crippen LogP contribution in [-0.2, 0) is 0 Å². The molecule has 0 saturated heterocycles. The van der Waals surface area contributed by atoms with E-state index in [0.717, 1.165) is 17.5 Å². The van der Waals surface area contributed by atoms with E-state index < -0.39 is 0 Å². The third kappa shape index (κ3) is 1.68. The molecule has 18 heavy (non-hydrogen) atoms. The van der Waals surface area contributed by atoms with Gasteiger partial charge in [-0.05, 0) is 19.1 Å². The molecule has 88 valence electrons. The maximum absolute atomic E-state index is 10.9. The summed E-state index contributed by atoms with van der Waals surface area (Å²) in [7, 11) is 0. The Bertz CT molecular complexity index is 713. The molecule has 0 aliphatic carbocycles. The summed E-state index contributed by atoms with van der Waals surface area (Å²) >= 11 is 0. The molecule has 2 heterocycles. The molecule has 1 aromatic carbocycles. The maximum atomic E-state index is 10.9. The number of nitrogens with zero attached hydrogens (tertiary/aromatic N) is 3. The van der Waals surface area contributed by atoms with Crippen molar-refractivity contribution in [2.24, 2.45) is 0 Å². The topological polar surface area (TPSA) is 47.3 Å². The number of carbonyl (C=O) groups excluding carboxylic acids is 1. The Morgan fingerprint density at radius 1 is 1.11 bits per heavy atom. The number of fused-ring (bicyclic) bond motifs is 1. The third-order valence-electron chi connectivity index (χ3n) is 2.86. The van der Waals surface area contributed by atoms with E-state index in [1.807, 2.05) is 43.3 Å². The van der Waals surface area contributed by atoms with Gasteiger partial charge in [0.25, 0.3) is 0 Å². The summed E-state index contributed by atoms with van der Waals surface area (Å²) in [6.07, 6.45) is 2.28. The summed E-state index contributed by atoms with van der Waals surface area (Å²) in [6, 6.07) is 11.9. The lowest BCUT2D eigenvalue weighted by molar-refractivity contribution is 0.111. The smallest absolute Gasteiger partial charge is 0.170 e. The normalized spacial score (nSPS) is 10.7. The van der Waals surface area contributed by atoms with Gasteiger partial charge in [0.2, 0.25) is 0 Å². The highest BCUT2D eigenvalue weighted by atomic mass is 16.1. The Balaban J connectivity index is 2.17. The number of benzene rings is 1. The number of imidazole rings is 1. The molecule has 0 atom stereocenters. The first-order valence-electron chi connectivity index (χ1n) is 5.65. The molecule has 4 heteroatoms. The average Bonchev–Trinajstić information content (AvgIpc) is 2.81. The van der Waals surface area contributed by atoms with E-state index >= 15 is 0 Å². The summed E-state index contributed by atoms with van der Waals surface area (Å²) in [5, 5.41) is 4.43. The zero-order valence-electron chi connectivity index (χ0n) is 9.87. The van der Waals surface area contributed by atoms with Crippen LogP contribution in [0.2, 0.25) is 0 Å². The van der Waals surface area contributed by atoms with E-state index in [1.54, 1.807) is 4.52 Å². The van der Waals surface area contributed by atoms with Crippen molar-refractivity contribution in [3.63, 3.8) is 0 Å². The molecule has 0 N–H and O–H groups in total. The quantitative estimate of drug-likeness (QED) is 0.643. The van der Waals surface area contributed by atoms with Crippen molar-refractivity contribution in [3.05, 3.63) is 53.9 Å². The number of aromatic nitrogens is 3. The molecule has 0 bridgehead atoms. The summed E-state index contributed by atoms with van der Waals surface area (Å²) < 4.78 is 1.56. The van der Waals surface area contributed by atoms with E-state index in [0.29, 0.717) is 11.3 Å². The fourth-order valence-electron chi connectivity index (χ4n) is 1.85. The molecule has 0 fully saturated rings. The van der Waals surface area contributed by atoms with Crippen LogP contribution >= 0.6 is 0 Å². The second-order valence-electron chi connectivity index (χ2n) is 4.16. The van der Waals surface area contributed by atoms with Crippen molar-refractivity contribution in [2.75, 3.05) is 0 Å². The van der Waals surface area contributed by atoms with Crippen LogP contribution in [0, 0.1) is 6.92 Å². The number of rotatable bonds is 2. The van der Waals surface area contributed by atoms with E-state index in [2.05, 4.69) is 10.1 Å². The highest BCUT2D eigenvalue weighted by Crippen LogP contribution is 2.18. The van der Waals surface area contributed by atoms with Crippen LogP contribution in [0.25, 0.3) is 16.9 Å². The van der Waals surface area contributed by atoms with Crippen LogP contribution in [0.1, 0.15) is 16.1 Å². The van der Waals surface area contributed by atoms with Crippen LogP contribution in [0.4, 0.5) is 0 Å². The van der Waals surface area contributed by atoms with Gasteiger partial charge in [-0.2, -0.15) is 5.10 Å². The standard InChI is InChI=1S/C14H11N3O/c1-10-2-4-11(5-3-10)13-6-7-14-15-8-12(9-18)17(14)16-13/h2-9H,1H3. The number of hydrogen-bond acceptors (Lipinski definition) is 3. The summed E-state index contributed by atoms with van der Waals surface area (Å²) in [6.45, 7) is 2.04. The lowest BCUT2D eigenvalue weighted by atomic mass is 10.1. The largest absolute Gasteiger partial charge is 0.296 e. The van der Waals surface area contributed by atoms with Crippen molar-refractivity contribution in [3.8, 4) is 11.3 Å². The number of aldehydes is 1. The molecule has 0 spiro atoms. The van der Waals surface area contributed by atoms with Gasteiger partial charge in [0.1, 0.15) is 5.69 Å². The molecule has 3 rings (SSSR count). The predicted molar refractivity (Wildman–Crippen MR) is 68.5 cm³/mol. The van der Waals surface area contributed by atoms with Crippen molar-refractivity contribution >= 4 is 11.9 Å². The first-order chi connectivity index (χ1) is 8.78. The molecule has 0 unspecified atom stereocenters. The first-order valence-corrected chi connectivity index (χ1v) is 5.65. The van der Waals surface area contributed by atoms with Gasteiger partial charge in [-0.1, -0.05) is 29.8 Å². The van der Waals surface area contributed by atoms with Gasteiger partial charge in [-0.25, -0.2) is 9.50 Å². The minimum absolute atomic E-state index is 0.457. The highest BCUT2D eigenvalue weighted by Gasteiger charge is 2.05. The van der Waals surface area contributed by atoms with E-state index in [-0.39, 0.29) is 0 Å². The Morgan fingerprint density at radius 3 is 2.61 bits per heavy atom. The molecule has 4 nitrogen and oxygen atoms in total. The number of hydrogen-bond donors (Lipinski definition) is 0. The summed E-state index contributed by atoms with van der Waals surface area (Å²) in [4.78, 5) is 15.0. The SMILES string of the molecule is Cc1ccc(-c2ccc3ncc(C=O)n3n2)cc1. The van der Waals surface area contributed by atoms with Crippen molar-refractivity contribution in [2.45, 2.75) is 6.92 Å². The van der Waals surface area contributed by atoms with Crippen LogP contribution in [-0.4, -0.2) is 20.9 Å². The Morgan fingerprint density at radius 2 is 1.89 bits per heavy atom. The van der Waals surface area contributed by atoms with Crippen molar-refractivity contribution < 1.29 is 4.79 Å². The first kappa shape index (κ1) is 10.7. The van der Waals surface area contributed by atoms with Crippen LogP contribution in [0.15, 0.2) is 42.6 Å². The minimum atomic E-state index is 0.457. The van der Waals surface area contributed by atoms with Crippen molar-refractivity contribution in [1.29, 1.82) is 0 Å². The summed E-state index contributed by atoms with van der Waals surface area (Å²) in [5.74, 6) is 0. The highest BCUT2D eigenvalue weighted by molar-refractivity contribution is 5.74. The zero-order chi connectivity index (χ0) is 12.5. The number of carbonyl (C=O) groups is 1. The number of aryl methyl sites for hydroxylation is 1. The monoisotopic (exact) mass is 237 g/mol.